The molecule has 0 aromatic carbocycles. The number of hydrogen-bond donors (Lipinski definition) is 0. The third-order valence-corrected chi connectivity index (χ3v) is 1.35. The van der Waals surface area contributed by atoms with Crippen molar-refractivity contribution in [3.05, 3.63) is 12.7 Å². The molecule has 1 nitrogen and oxygen atoms in total. The summed E-state index contributed by atoms with van der Waals surface area (Å²) in [7, 11) is 0. The van der Waals surface area contributed by atoms with Gasteiger partial charge in [-0.1, -0.05) is 6.08 Å². The van der Waals surface area contributed by atoms with Crippen molar-refractivity contribution in [1.82, 2.24) is 0 Å². The van der Waals surface area contributed by atoms with Gasteiger partial charge in [-0.2, -0.15) is 0 Å². The van der Waals surface area contributed by atoms with E-state index >= 15 is 0 Å². The lowest BCUT2D eigenvalue weighted by Gasteiger charge is -1.93. The van der Waals surface area contributed by atoms with E-state index in [2.05, 4.69) is 6.58 Å². The maximum atomic E-state index is 10.2. The summed E-state index contributed by atoms with van der Waals surface area (Å²) in [4.78, 5) is 0. The molecule has 0 bridgehead atoms. The summed E-state index contributed by atoms with van der Waals surface area (Å²) >= 11 is 1.36. The molecule has 0 aromatic heterocycles. The van der Waals surface area contributed by atoms with Crippen LogP contribution in [0.3, 0.4) is 0 Å². The summed E-state index contributed by atoms with van der Waals surface area (Å²) in [6.07, 6.45) is 1.74. The monoisotopic (exact) mass is 117 g/mol. The van der Waals surface area contributed by atoms with Crippen LogP contribution in [0.15, 0.2) is 12.7 Å². The third kappa shape index (κ3) is 6.05. The molecule has 0 aliphatic carbocycles. The molecule has 0 aliphatic heterocycles. The highest BCUT2D eigenvalue weighted by molar-refractivity contribution is 7.99. The Balaban J connectivity index is 2.81. The molecular weight excluding hydrogens is 108 g/mol. The molecule has 1 radical (unpaired) electrons. The molecule has 0 saturated carbocycles. The first-order valence-corrected chi connectivity index (χ1v) is 3.20. The van der Waals surface area contributed by atoms with Gasteiger partial charge in [-0.3, -0.25) is 0 Å². The largest absolute Gasteiger partial charge is 0.222 e. The second-order valence-corrected chi connectivity index (χ2v) is 2.52. The van der Waals surface area contributed by atoms with Crippen molar-refractivity contribution in [1.29, 1.82) is 0 Å². The van der Waals surface area contributed by atoms with Crippen molar-refractivity contribution < 1.29 is 5.11 Å². The topological polar surface area (TPSA) is 19.9 Å². The highest BCUT2D eigenvalue weighted by atomic mass is 32.2. The van der Waals surface area contributed by atoms with Crippen LogP contribution in [0.5, 0.6) is 0 Å². The van der Waals surface area contributed by atoms with Gasteiger partial charge >= 0.3 is 0 Å². The molecule has 1 unspecified atom stereocenters. The van der Waals surface area contributed by atoms with E-state index in [0.29, 0.717) is 0 Å². The van der Waals surface area contributed by atoms with Crippen LogP contribution in [0.4, 0.5) is 0 Å². The van der Waals surface area contributed by atoms with E-state index in [1.807, 2.05) is 0 Å². The van der Waals surface area contributed by atoms with Crippen molar-refractivity contribution >= 4 is 11.8 Å². The van der Waals surface area contributed by atoms with E-state index in [1.165, 1.54) is 11.8 Å². The molecule has 0 amide bonds. The Kier molecular flexibility index (Phi) is 4.25. The fourth-order valence-electron chi connectivity index (χ4n) is 0.204. The lowest BCUT2D eigenvalue weighted by Crippen LogP contribution is -1.88. The summed E-state index contributed by atoms with van der Waals surface area (Å²) in [5, 5.41) is 10.2. The zero-order valence-corrected chi connectivity index (χ0v) is 5.20. The molecule has 0 fully saturated rings. The Morgan fingerprint density at radius 3 is 2.71 bits per heavy atom. The zero-order chi connectivity index (χ0) is 5.70. The van der Waals surface area contributed by atoms with Crippen molar-refractivity contribution in [3.63, 3.8) is 0 Å². The zero-order valence-electron chi connectivity index (χ0n) is 4.39. The van der Waals surface area contributed by atoms with E-state index < -0.39 is 5.44 Å². The Morgan fingerprint density at radius 2 is 2.57 bits per heavy atom. The van der Waals surface area contributed by atoms with Crippen LogP contribution in [0.1, 0.15) is 6.92 Å². The molecule has 0 aliphatic rings. The first-order chi connectivity index (χ1) is 3.27. The SMILES string of the molecule is C=CCSC(C)[O]. The van der Waals surface area contributed by atoms with Crippen molar-refractivity contribution in [2.75, 3.05) is 5.75 Å². The molecule has 0 aromatic rings. The smallest absolute Gasteiger partial charge is 0.136 e. The van der Waals surface area contributed by atoms with Gasteiger partial charge in [0.25, 0.3) is 0 Å². The first-order valence-electron chi connectivity index (χ1n) is 2.15. The molecule has 1 atom stereocenters. The minimum Gasteiger partial charge on any atom is -0.222 e. The fraction of sp³-hybridized carbons (Fsp3) is 0.600. The van der Waals surface area contributed by atoms with E-state index in [1.54, 1.807) is 13.0 Å². The van der Waals surface area contributed by atoms with E-state index in [4.69, 9.17) is 0 Å². The van der Waals surface area contributed by atoms with Gasteiger partial charge in [0.05, 0.1) is 0 Å². The van der Waals surface area contributed by atoms with Gasteiger partial charge in [-0.25, -0.2) is 5.11 Å². The number of rotatable bonds is 3. The Morgan fingerprint density at radius 1 is 2.00 bits per heavy atom. The number of thioether (sulfide) groups is 1. The molecule has 7 heavy (non-hydrogen) atoms. The molecule has 41 valence electrons. The average Bonchev–Trinajstić information content (AvgIpc) is 1.61. The second-order valence-electron chi connectivity index (χ2n) is 1.19. The van der Waals surface area contributed by atoms with E-state index in [9.17, 15) is 5.11 Å². The Labute approximate surface area is 48.4 Å². The third-order valence-electron chi connectivity index (χ3n) is 0.449. The van der Waals surface area contributed by atoms with E-state index in [-0.39, 0.29) is 0 Å². The lowest BCUT2D eigenvalue weighted by atomic mass is 10.8. The quantitative estimate of drug-likeness (QED) is 0.406. The molecule has 0 heterocycles. The average molecular weight is 117 g/mol. The van der Waals surface area contributed by atoms with Crippen LogP contribution in [0.25, 0.3) is 0 Å². The highest BCUT2D eigenvalue weighted by Crippen LogP contribution is 2.05. The van der Waals surface area contributed by atoms with Crippen LogP contribution in [0, 0.1) is 0 Å². The summed E-state index contributed by atoms with van der Waals surface area (Å²) in [5.41, 5.74) is -0.502. The predicted octanol–water partition coefficient (Wildman–Crippen LogP) is 1.68. The summed E-state index contributed by atoms with van der Waals surface area (Å²) in [5.74, 6) is 0.769. The molecule has 0 spiro atoms. The Hall–Kier alpha value is 0.0500. The normalized spacial score (nSPS) is 13.4. The van der Waals surface area contributed by atoms with Crippen LogP contribution in [0.2, 0.25) is 0 Å². The maximum absolute atomic E-state index is 10.2. The molecule has 0 rings (SSSR count). The summed E-state index contributed by atoms with van der Waals surface area (Å²) in [6.45, 7) is 5.11. The van der Waals surface area contributed by atoms with Gasteiger partial charge in [0.15, 0.2) is 0 Å². The fourth-order valence-corrected chi connectivity index (χ4v) is 0.611. The van der Waals surface area contributed by atoms with Crippen LogP contribution in [-0.4, -0.2) is 11.2 Å². The maximum Gasteiger partial charge on any atom is 0.136 e. The minimum absolute atomic E-state index is 0.502. The molecule has 0 saturated heterocycles. The lowest BCUT2D eigenvalue weighted by molar-refractivity contribution is 0.181. The highest BCUT2D eigenvalue weighted by Gasteiger charge is 1.91. The van der Waals surface area contributed by atoms with Gasteiger partial charge in [0.2, 0.25) is 0 Å². The second kappa shape index (κ2) is 4.22. The van der Waals surface area contributed by atoms with Gasteiger partial charge in [0, 0.05) is 5.75 Å². The summed E-state index contributed by atoms with van der Waals surface area (Å²) < 4.78 is 0. The van der Waals surface area contributed by atoms with Crippen LogP contribution in [-0.2, 0) is 5.11 Å². The molecule has 0 N–H and O–H groups in total. The van der Waals surface area contributed by atoms with E-state index in [0.717, 1.165) is 5.75 Å². The van der Waals surface area contributed by atoms with Crippen LogP contribution >= 0.6 is 11.8 Å². The van der Waals surface area contributed by atoms with Gasteiger partial charge in [-0.05, 0) is 6.92 Å². The van der Waals surface area contributed by atoms with Crippen molar-refractivity contribution in [2.45, 2.75) is 12.4 Å². The van der Waals surface area contributed by atoms with Crippen LogP contribution < -0.4 is 0 Å². The standard InChI is InChI=1S/C5H9OS/c1-3-4-7-5(2)6/h3,5H,1,4H2,2H3. The molecular formula is C5H9OS. The Bertz CT molecular complexity index is 52.0. The van der Waals surface area contributed by atoms with Crippen molar-refractivity contribution in [3.8, 4) is 0 Å². The first kappa shape index (κ1) is 7.05. The predicted molar refractivity (Wildman–Crippen MR) is 32.8 cm³/mol. The minimum atomic E-state index is -0.502. The molecule has 2 heteroatoms. The van der Waals surface area contributed by atoms with Gasteiger partial charge in [-0.15, -0.1) is 18.3 Å². The number of hydrogen-bond acceptors (Lipinski definition) is 1. The summed E-state index contributed by atoms with van der Waals surface area (Å²) in [6, 6.07) is 0. The van der Waals surface area contributed by atoms with Gasteiger partial charge < -0.3 is 0 Å². The van der Waals surface area contributed by atoms with Gasteiger partial charge in [0.1, 0.15) is 5.44 Å². The van der Waals surface area contributed by atoms with Crippen molar-refractivity contribution in [2.24, 2.45) is 0 Å².